The van der Waals surface area contributed by atoms with Crippen molar-refractivity contribution in [3.05, 3.63) is 59.9 Å². The molecule has 4 heteroatoms. The molecular weight excluding hydrogens is 255 g/mol. The number of aliphatic hydroxyl groups is 1. The highest BCUT2D eigenvalue weighted by Gasteiger charge is 2.07. The second-order valence-electron chi connectivity index (χ2n) is 4.89. The van der Waals surface area contributed by atoms with Crippen molar-refractivity contribution in [2.24, 2.45) is 0 Å². The summed E-state index contributed by atoms with van der Waals surface area (Å²) in [6.45, 7) is 0.377. The molecule has 2 N–H and O–H groups in total. The minimum atomic E-state index is -0.668. The van der Waals surface area contributed by atoms with Crippen molar-refractivity contribution in [2.75, 3.05) is 30.9 Å². The summed E-state index contributed by atoms with van der Waals surface area (Å²) in [7, 11) is 3.96. The van der Waals surface area contributed by atoms with Crippen molar-refractivity contribution in [3.8, 4) is 0 Å². The lowest BCUT2D eigenvalue weighted by molar-refractivity contribution is 0.191. The van der Waals surface area contributed by atoms with Gasteiger partial charge < -0.3 is 15.3 Å². The molecule has 0 fully saturated rings. The molecule has 0 radical (unpaired) electrons. The van der Waals surface area contributed by atoms with Gasteiger partial charge in [-0.15, -0.1) is 0 Å². The summed E-state index contributed by atoms with van der Waals surface area (Å²) >= 11 is 0. The summed E-state index contributed by atoms with van der Waals surface area (Å²) in [6.07, 6.45) is -0.668. The number of anilines is 2. The molecule has 3 nitrogen and oxygen atoms in total. The summed E-state index contributed by atoms with van der Waals surface area (Å²) in [4.78, 5) is 2.02. The van der Waals surface area contributed by atoms with Gasteiger partial charge in [-0.2, -0.15) is 0 Å². The molecule has 0 aliphatic heterocycles. The fourth-order valence-electron chi connectivity index (χ4n) is 1.91. The van der Waals surface area contributed by atoms with Crippen molar-refractivity contribution in [2.45, 2.75) is 6.10 Å². The van der Waals surface area contributed by atoms with Crippen LogP contribution in [-0.2, 0) is 0 Å². The number of hydrogen-bond donors (Lipinski definition) is 2. The van der Waals surface area contributed by atoms with Gasteiger partial charge in [0.15, 0.2) is 0 Å². The Hall–Kier alpha value is -2.07. The fraction of sp³-hybridized carbons (Fsp3) is 0.250. The summed E-state index contributed by atoms with van der Waals surface area (Å²) in [5.41, 5.74) is 2.73. The number of nitrogens with one attached hydrogen (secondary N) is 1. The van der Waals surface area contributed by atoms with Crippen LogP contribution in [0.15, 0.2) is 48.5 Å². The van der Waals surface area contributed by atoms with E-state index in [4.69, 9.17) is 0 Å². The number of nitrogens with zero attached hydrogens (tertiary/aromatic N) is 1. The minimum Gasteiger partial charge on any atom is -0.387 e. The molecule has 0 heterocycles. The molecule has 0 bridgehead atoms. The van der Waals surface area contributed by atoms with Gasteiger partial charge in [0, 0.05) is 32.0 Å². The van der Waals surface area contributed by atoms with E-state index in [9.17, 15) is 9.50 Å². The molecule has 2 rings (SSSR count). The lowest BCUT2D eigenvalue weighted by atomic mass is 10.1. The molecule has 2 aromatic carbocycles. The third kappa shape index (κ3) is 3.71. The Morgan fingerprint density at radius 1 is 1.15 bits per heavy atom. The third-order valence-electron chi connectivity index (χ3n) is 3.12. The standard InChI is InChI=1S/C16H19FN2O/c1-19(2)15-5-3-4-14(10-15)18-11-16(20)12-6-8-13(17)9-7-12/h3-10,16,18,20H,11H2,1-2H3. The summed E-state index contributed by atoms with van der Waals surface area (Å²) < 4.78 is 12.8. The molecule has 20 heavy (non-hydrogen) atoms. The molecule has 0 saturated carbocycles. The van der Waals surface area contributed by atoms with Gasteiger partial charge in [0.2, 0.25) is 0 Å². The predicted molar refractivity (Wildman–Crippen MR) is 80.6 cm³/mol. The van der Waals surface area contributed by atoms with Gasteiger partial charge in [-0.3, -0.25) is 0 Å². The van der Waals surface area contributed by atoms with Gasteiger partial charge in [0.05, 0.1) is 6.10 Å². The molecule has 0 saturated heterocycles. The van der Waals surface area contributed by atoms with Gasteiger partial charge in [0.25, 0.3) is 0 Å². The normalized spacial score (nSPS) is 12.0. The van der Waals surface area contributed by atoms with E-state index in [0.717, 1.165) is 11.4 Å². The maximum atomic E-state index is 12.8. The van der Waals surface area contributed by atoms with Gasteiger partial charge in [-0.25, -0.2) is 4.39 Å². The van der Waals surface area contributed by atoms with Crippen LogP contribution < -0.4 is 10.2 Å². The van der Waals surface area contributed by atoms with Crippen LogP contribution in [0.5, 0.6) is 0 Å². The first-order chi connectivity index (χ1) is 9.56. The lowest BCUT2D eigenvalue weighted by Crippen LogP contribution is -2.13. The SMILES string of the molecule is CN(C)c1cccc(NCC(O)c2ccc(F)cc2)c1. The fourth-order valence-corrected chi connectivity index (χ4v) is 1.91. The Morgan fingerprint density at radius 3 is 2.50 bits per heavy atom. The third-order valence-corrected chi connectivity index (χ3v) is 3.12. The first kappa shape index (κ1) is 14.3. The van der Waals surface area contributed by atoms with E-state index in [1.165, 1.54) is 12.1 Å². The highest BCUT2D eigenvalue weighted by molar-refractivity contribution is 5.57. The highest BCUT2D eigenvalue weighted by atomic mass is 19.1. The molecule has 0 aliphatic carbocycles. The number of aliphatic hydroxyl groups excluding tert-OH is 1. The van der Waals surface area contributed by atoms with Crippen LogP contribution in [0.2, 0.25) is 0 Å². The van der Waals surface area contributed by atoms with E-state index in [0.29, 0.717) is 12.1 Å². The zero-order valence-electron chi connectivity index (χ0n) is 11.7. The summed E-state index contributed by atoms with van der Waals surface area (Å²) in [5.74, 6) is -0.299. The molecular formula is C16H19FN2O. The Kier molecular flexibility index (Phi) is 4.58. The van der Waals surface area contributed by atoms with Crippen LogP contribution in [0.4, 0.5) is 15.8 Å². The van der Waals surface area contributed by atoms with E-state index in [-0.39, 0.29) is 5.82 Å². The lowest BCUT2D eigenvalue weighted by Gasteiger charge is -2.16. The Bertz CT molecular complexity index is 555. The molecule has 0 aliphatic rings. The zero-order valence-corrected chi connectivity index (χ0v) is 11.7. The Labute approximate surface area is 118 Å². The average Bonchev–Trinajstić information content (AvgIpc) is 2.46. The average molecular weight is 274 g/mol. The van der Waals surface area contributed by atoms with Gasteiger partial charge in [-0.1, -0.05) is 18.2 Å². The zero-order chi connectivity index (χ0) is 14.5. The number of rotatable bonds is 5. The summed E-state index contributed by atoms with van der Waals surface area (Å²) in [5, 5.41) is 13.2. The molecule has 0 spiro atoms. The van der Waals surface area contributed by atoms with E-state index < -0.39 is 6.10 Å². The quantitative estimate of drug-likeness (QED) is 0.879. The van der Waals surface area contributed by atoms with Crippen molar-refractivity contribution >= 4 is 11.4 Å². The van der Waals surface area contributed by atoms with Crippen LogP contribution in [0, 0.1) is 5.82 Å². The Balaban J connectivity index is 1.97. The smallest absolute Gasteiger partial charge is 0.123 e. The van der Waals surface area contributed by atoms with Crippen molar-refractivity contribution in [3.63, 3.8) is 0 Å². The van der Waals surface area contributed by atoms with Gasteiger partial charge in [-0.05, 0) is 35.9 Å². The van der Waals surface area contributed by atoms with Gasteiger partial charge >= 0.3 is 0 Å². The molecule has 0 amide bonds. The maximum Gasteiger partial charge on any atom is 0.123 e. The number of halogens is 1. The Morgan fingerprint density at radius 2 is 1.85 bits per heavy atom. The molecule has 0 aromatic heterocycles. The van der Waals surface area contributed by atoms with E-state index in [1.54, 1.807) is 12.1 Å². The molecule has 2 aromatic rings. The van der Waals surface area contributed by atoms with Crippen LogP contribution in [0.1, 0.15) is 11.7 Å². The number of hydrogen-bond acceptors (Lipinski definition) is 3. The maximum absolute atomic E-state index is 12.8. The second-order valence-corrected chi connectivity index (χ2v) is 4.89. The molecule has 1 atom stereocenters. The largest absolute Gasteiger partial charge is 0.387 e. The van der Waals surface area contributed by atoms with Crippen molar-refractivity contribution in [1.29, 1.82) is 0 Å². The molecule has 1 unspecified atom stereocenters. The van der Waals surface area contributed by atoms with Crippen molar-refractivity contribution < 1.29 is 9.50 Å². The van der Waals surface area contributed by atoms with Crippen molar-refractivity contribution in [1.82, 2.24) is 0 Å². The topological polar surface area (TPSA) is 35.5 Å². The number of benzene rings is 2. The highest BCUT2D eigenvalue weighted by Crippen LogP contribution is 2.19. The van der Waals surface area contributed by atoms with Crippen LogP contribution >= 0.6 is 0 Å². The van der Waals surface area contributed by atoms with Crippen LogP contribution in [-0.4, -0.2) is 25.7 Å². The van der Waals surface area contributed by atoms with E-state index in [1.807, 2.05) is 43.3 Å². The molecule has 106 valence electrons. The monoisotopic (exact) mass is 274 g/mol. The van der Waals surface area contributed by atoms with Crippen LogP contribution in [0.25, 0.3) is 0 Å². The van der Waals surface area contributed by atoms with Gasteiger partial charge in [0.1, 0.15) is 5.82 Å². The summed E-state index contributed by atoms with van der Waals surface area (Å²) in [6, 6.07) is 13.8. The van der Waals surface area contributed by atoms with E-state index in [2.05, 4.69) is 5.32 Å². The first-order valence-electron chi connectivity index (χ1n) is 6.51. The van der Waals surface area contributed by atoms with E-state index >= 15 is 0 Å². The van der Waals surface area contributed by atoms with Crippen LogP contribution in [0.3, 0.4) is 0 Å². The first-order valence-corrected chi connectivity index (χ1v) is 6.51. The predicted octanol–water partition coefficient (Wildman–Crippen LogP) is 3.04. The minimum absolute atomic E-state index is 0.299. The second kappa shape index (κ2) is 6.39.